The van der Waals surface area contributed by atoms with Crippen molar-refractivity contribution >= 4 is 11.7 Å². The standard InChI is InChI=1S/C21H25F3N6O3/c1-5-17(21(22,23)24)28-20(31)29(6-2)11-13-9-14(16(32-3)10-26-13)15-12-30-8-7-25-18(30)19(27-15)33-4/h7-10,12,17H,5-6,11H2,1-4H3,(H,28,31)/t17-/m0/s1. The zero-order valence-corrected chi connectivity index (χ0v) is 18.7. The average molecular weight is 466 g/mol. The van der Waals surface area contributed by atoms with Crippen molar-refractivity contribution in [1.82, 2.24) is 29.6 Å². The molecule has 0 aliphatic carbocycles. The number of halogens is 3. The number of hydrogen-bond donors (Lipinski definition) is 1. The first-order valence-electron chi connectivity index (χ1n) is 10.2. The van der Waals surface area contributed by atoms with E-state index >= 15 is 0 Å². The number of nitrogens with zero attached hydrogens (tertiary/aromatic N) is 5. The molecule has 0 bridgehead atoms. The lowest BCUT2D eigenvalue weighted by molar-refractivity contribution is -0.154. The van der Waals surface area contributed by atoms with Crippen molar-refractivity contribution < 1.29 is 27.4 Å². The summed E-state index contributed by atoms with van der Waals surface area (Å²) in [6, 6.07) is -1.06. The minimum atomic E-state index is -4.52. The Morgan fingerprint density at radius 3 is 2.61 bits per heavy atom. The van der Waals surface area contributed by atoms with Gasteiger partial charge in [0.1, 0.15) is 11.8 Å². The summed E-state index contributed by atoms with van der Waals surface area (Å²) >= 11 is 0. The molecule has 0 aliphatic rings. The SMILES string of the molecule is CC[C@H](NC(=O)N(CC)Cc1cc(-c2cn3ccnc3c(OC)n2)c(OC)cn1)C(F)(F)F. The lowest BCUT2D eigenvalue weighted by atomic mass is 10.1. The van der Waals surface area contributed by atoms with Gasteiger partial charge in [0.05, 0.1) is 38.3 Å². The first-order chi connectivity index (χ1) is 15.7. The Balaban J connectivity index is 1.91. The third-order valence-corrected chi connectivity index (χ3v) is 5.08. The van der Waals surface area contributed by atoms with Gasteiger partial charge in [-0.2, -0.15) is 13.2 Å². The Hall–Kier alpha value is -3.57. The number of urea groups is 1. The summed E-state index contributed by atoms with van der Waals surface area (Å²) in [5, 5.41) is 2.05. The maximum absolute atomic E-state index is 13.1. The van der Waals surface area contributed by atoms with Crippen molar-refractivity contribution in [3.8, 4) is 22.9 Å². The van der Waals surface area contributed by atoms with Crippen LogP contribution in [0.1, 0.15) is 26.0 Å². The molecule has 2 amide bonds. The number of alkyl halides is 3. The monoisotopic (exact) mass is 466 g/mol. The number of aromatic nitrogens is 4. The van der Waals surface area contributed by atoms with Gasteiger partial charge in [0.2, 0.25) is 0 Å². The predicted octanol–water partition coefficient (Wildman–Crippen LogP) is 3.68. The highest BCUT2D eigenvalue weighted by atomic mass is 19.4. The lowest BCUT2D eigenvalue weighted by Gasteiger charge is -2.26. The van der Waals surface area contributed by atoms with Crippen molar-refractivity contribution in [1.29, 1.82) is 0 Å². The number of amides is 2. The van der Waals surface area contributed by atoms with Crippen LogP contribution < -0.4 is 14.8 Å². The molecular weight excluding hydrogens is 441 g/mol. The smallest absolute Gasteiger partial charge is 0.408 e. The zero-order chi connectivity index (χ0) is 24.2. The Morgan fingerprint density at radius 1 is 1.24 bits per heavy atom. The van der Waals surface area contributed by atoms with Crippen molar-refractivity contribution in [2.45, 2.75) is 39.0 Å². The van der Waals surface area contributed by atoms with Crippen molar-refractivity contribution in [2.24, 2.45) is 0 Å². The van der Waals surface area contributed by atoms with Crippen LogP contribution in [-0.2, 0) is 6.54 Å². The molecule has 3 aromatic rings. The number of carbonyl (C=O) groups is 1. The average Bonchev–Trinajstić information content (AvgIpc) is 3.28. The molecule has 0 fully saturated rings. The van der Waals surface area contributed by atoms with E-state index in [4.69, 9.17) is 9.47 Å². The summed E-state index contributed by atoms with van der Waals surface area (Å²) < 4.78 is 51.7. The van der Waals surface area contributed by atoms with Gasteiger partial charge in [-0.25, -0.2) is 14.8 Å². The summed E-state index contributed by atoms with van der Waals surface area (Å²) in [6.45, 7) is 3.23. The molecule has 0 aromatic carbocycles. The van der Waals surface area contributed by atoms with Crippen LogP contribution in [0.25, 0.3) is 16.9 Å². The van der Waals surface area contributed by atoms with Crippen LogP contribution in [0.4, 0.5) is 18.0 Å². The van der Waals surface area contributed by atoms with E-state index < -0.39 is 18.2 Å². The largest absolute Gasteiger partial charge is 0.494 e. The second-order valence-corrected chi connectivity index (χ2v) is 7.14. The fourth-order valence-electron chi connectivity index (χ4n) is 3.28. The number of rotatable bonds is 8. The van der Waals surface area contributed by atoms with Crippen LogP contribution in [0.5, 0.6) is 11.6 Å². The summed E-state index contributed by atoms with van der Waals surface area (Å²) in [5.41, 5.74) is 2.08. The number of fused-ring (bicyclic) bond motifs is 1. The highest BCUT2D eigenvalue weighted by Gasteiger charge is 2.39. The minimum Gasteiger partial charge on any atom is -0.494 e. The Labute approximate surface area is 188 Å². The van der Waals surface area contributed by atoms with Crippen molar-refractivity contribution in [3.05, 3.63) is 36.5 Å². The minimum absolute atomic E-state index is 0.00191. The molecule has 1 atom stereocenters. The third-order valence-electron chi connectivity index (χ3n) is 5.08. The van der Waals surface area contributed by atoms with Crippen LogP contribution in [-0.4, -0.2) is 63.3 Å². The summed E-state index contributed by atoms with van der Waals surface area (Å²) in [7, 11) is 2.97. The summed E-state index contributed by atoms with van der Waals surface area (Å²) in [4.78, 5) is 26.7. The molecule has 0 radical (unpaired) electrons. The molecule has 178 valence electrons. The van der Waals surface area contributed by atoms with Gasteiger partial charge < -0.3 is 24.1 Å². The first kappa shape index (κ1) is 24.1. The fraction of sp³-hybridized carbons (Fsp3) is 0.429. The predicted molar refractivity (Wildman–Crippen MR) is 114 cm³/mol. The van der Waals surface area contributed by atoms with Crippen LogP contribution in [0.2, 0.25) is 0 Å². The highest BCUT2D eigenvalue weighted by molar-refractivity contribution is 5.75. The summed E-state index contributed by atoms with van der Waals surface area (Å²) in [6.07, 6.45) is 1.79. The van der Waals surface area contributed by atoms with Gasteiger partial charge in [-0.3, -0.25) is 4.98 Å². The number of nitrogens with one attached hydrogen (secondary N) is 1. The third kappa shape index (κ3) is 5.26. The van der Waals surface area contributed by atoms with Gasteiger partial charge in [0, 0.05) is 30.7 Å². The van der Waals surface area contributed by atoms with Crippen LogP contribution >= 0.6 is 0 Å². The topological polar surface area (TPSA) is 93.9 Å². The molecule has 3 heterocycles. The van der Waals surface area contributed by atoms with E-state index in [0.717, 1.165) is 0 Å². The normalized spacial score (nSPS) is 12.5. The molecule has 0 aliphatic heterocycles. The van der Waals surface area contributed by atoms with Crippen LogP contribution in [0.15, 0.2) is 30.9 Å². The van der Waals surface area contributed by atoms with Crippen molar-refractivity contribution in [3.63, 3.8) is 0 Å². The van der Waals surface area contributed by atoms with Gasteiger partial charge in [0.15, 0.2) is 5.65 Å². The molecule has 0 saturated heterocycles. The van der Waals surface area contributed by atoms with Crippen LogP contribution in [0.3, 0.4) is 0 Å². The number of ether oxygens (including phenoxy) is 2. The van der Waals surface area contributed by atoms with E-state index in [1.165, 1.54) is 32.2 Å². The van der Waals surface area contributed by atoms with E-state index in [1.54, 1.807) is 36.0 Å². The molecule has 3 rings (SSSR count). The number of carbonyl (C=O) groups excluding carboxylic acids is 1. The Morgan fingerprint density at radius 2 is 2.00 bits per heavy atom. The number of imidazole rings is 1. The van der Waals surface area contributed by atoms with Gasteiger partial charge in [-0.15, -0.1) is 0 Å². The highest BCUT2D eigenvalue weighted by Crippen LogP contribution is 2.31. The quantitative estimate of drug-likeness (QED) is 0.544. The molecule has 1 N–H and O–H groups in total. The number of methoxy groups -OCH3 is 2. The molecule has 3 aromatic heterocycles. The Kier molecular flexibility index (Phi) is 7.24. The number of pyridine rings is 1. The maximum Gasteiger partial charge on any atom is 0.408 e. The van der Waals surface area contributed by atoms with E-state index in [1.807, 2.05) is 5.32 Å². The van der Waals surface area contributed by atoms with Gasteiger partial charge in [-0.1, -0.05) is 6.92 Å². The molecular formula is C21H25F3N6O3. The molecule has 33 heavy (non-hydrogen) atoms. The molecule has 0 saturated carbocycles. The van der Waals surface area contributed by atoms with Gasteiger partial charge in [0.25, 0.3) is 5.88 Å². The second kappa shape index (κ2) is 9.92. The van der Waals surface area contributed by atoms with Crippen molar-refractivity contribution in [2.75, 3.05) is 20.8 Å². The van der Waals surface area contributed by atoms with E-state index in [-0.39, 0.29) is 19.5 Å². The first-order valence-corrected chi connectivity index (χ1v) is 10.2. The van der Waals surface area contributed by atoms with Gasteiger partial charge >= 0.3 is 12.2 Å². The van der Waals surface area contributed by atoms with E-state index in [0.29, 0.717) is 34.2 Å². The molecule has 0 spiro atoms. The van der Waals surface area contributed by atoms with E-state index in [2.05, 4.69) is 15.0 Å². The van der Waals surface area contributed by atoms with E-state index in [9.17, 15) is 18.0 Å². The second-order valence-electron chi connectivity index (χ2n) is 7.14. The molecule has 12 heteroatoms. The van der Waals surface area contributed by atoms with Gasteiger partial charge in [-0.05, 0) is 19.4 Å². The number of hydrogen-bond acceptors (Lipinski definition) is 6. The zero-order valence-electron chi connectivity index (χ0n) is 18.7. The lowest BCUT2D eigenvalue weighted by Crippen LogP contribution is -2.50. The fourth-order valence-corrected chi connectivity index (χ4v) is 3.28. The van der Waals surface area contributed by atoms with Crippen LogP contribution in [0, 0.1) is 0 Å². The Bertz CT molecular complexity index is 1120. The molecule has 9 nitrogen and oxygen atoms in total. The molecule has 0 unspecified atom stereocenters. The summed E-state index contributed by atoms with van der Waals surface area (Å²) in [5.74, 6) is 0.744. The maximum atomic E-state index is 13.1.